The van der Waals surface area contributed by atoms with Crippen LogP contribution in [0.1, 0.15) is 36.7 Å². The van der Waals surface area contributed by atoms with Crippen molar-refractivity contribution in [3.05, 3.63) is 47.5 Å². The van der Waals surface area contributed by atoms with E-state index in [0.717, 1.165) is 5.56 Å². The lowest BCUT2D eigenvalue weighted by Gasteiger charge is -2.21. The number of carbonyl (C=O) groups excluding carboxylic acids is 1. The van der Waals surface area contributed by atoms with Crippen molar-refractivity contribution in [3.63, 3.8) is 0 Å². The van der Waals surface area contributed by atoms with E-state index in [1.54, 1.807) is 25.3 Å². The van der Waals surface area contributed by atoms with E-state index in [1.807, 2.05) is 18.2 Å². The van der Waals surface area contributed by atoms with Gasteiger partial charge in [0.2, 0.25) is 6.79 Å². The van der Waals surface area contributed by atoms with E-state index >= 15 is 0 Å². The van der Waals surface area contributed by atoms with Crippen LogP contribution in [-0.2, 0) is 5.41 Å². The van der Waals surface area contributed by atoms with Crippen LogP contribution in [0.4, 0.5) is 5.69 Å². The number of fused-ring (bicyclic) bond motifs is 1. The second-order valence-corrected chi connectivity index (χ2v) is 6.69. The number of nitrogens with one attached hydrogen (secondary N) is 1. The van der Waals surface area contributed by atoms with E-state index in [1.165, 1.54) is 0 Å². The Morgan fingerprint density at radius 1 is 1.08 bits per heavy atom. The summed E-state index contributed by atoms with van der Waals surface area (Å²) in [7, 11) is 1.59. The molecule has 0 spiro atoms. The van der Waals surface area contributed by atoms with Crippen LogP contribution in [-0.4, -0.2) is 19.8 Å². The standard InChI is InChI=1S/C19H21NO4/c1-19(2,3)13-6-8-15(22-4)14(10-13)20-18(21)12-5-7-16-17(9-12)24-11-23-16/h5-10H,11H2,1-4H3,(H,20,21). The first kappa shape index (κ1) is 16.2. The number of methoxy groups -OCH3 is 1. The Kier molecular flexibility index (Phi) is 4.09. The van der Waals surface area contributed by atoms with Gasteiger partial charge in [-0.25, -0.2) is 0 Å². The average molecular weight is 327 g/mol. The van der Waals surface area contributed by atoms with E-state index < -0.39 is 0 Å². The number of ether oxygens (including phenoxy) is 3. The number of rotatable bonds is 3. The van der Waals surface area contributed by atoms with E-state index in [9.17, 15) is 4.79 Å². The predicted octanol–water partition coefficient (Wildman–Crippen LogP) is 3.97. The molecule has 5 heteroatoms. The number of carbonyl (C=O) groups is 1. The lowest BCUT2D eigenvalue weighted by molar-refractivity contribution is 0.102. The third-order valence-electron chi connectivity index (χ3n) is 3.95. The second-order valence-electron chi connectivity index (χ2n) is 6.69. The van der Waals surface area contributed by atoms with Crippen LogP contribution in [0.25, 0.3) is 0 Å². The van der Waals surface area contributed by atoms with Gasteiger partial charge in [0, 0.05) is 5.56 Å². The normalized spacial score (nSPS) is 12.8. The maximum Gasteiger partial charge on any atom is 0.255 e. The van der Waals surface area contributed by atoms with Crippen LogP contribution in [0.15, 0.2) is 36.4 Å². The van der Waals surface area contributed by atoms with E-state index in [2.05, 4.69) is 26.1 Å². The summed E-state index contributed by atoms with van der Waals surface area (Å²) >= 11 is 0. The fraction of sp³-hybridized carbons (Fsp3) is 0.316. The summed E-state index contributed by atoms with van der Waals surface area (Å²) in [5, 5.41) is 2.92. The maximum atomic E-state index is 12.6. The molecule has 0 aliphatic carbocycles. The molecule has 1 N–H and O–H groups in total. The summed E-state index contributed by atoms with van der Waals surface area (Å²) in [5.41, 5.74) is 2.24. The van der Waals surface area contributed by atoms with Crippen LogP contribution < -0.4 is 19.5 Å². The Hall–Kier alpha value is -2.69. The predicted molar refractivity (Wildman–Crippen MR) is 92.2 cm³/mol. The number of hydrogen-bond donors (Lipinski definition) is 1. The zero-order valence-electron chi connectivity index (χ0n) is 14.3. The van der Waals surface area contributed by atoms with Crippen LogP contribution in [0.5, 0.6) is 17.2 Å². The summed E-state index contributed by atoms with van der Waals surface area (Å²) in [5.74, 6) is 1.63. The van der Waals surface area contributed by atoms with Crippen LogP contribution >= 0.6 is 0 Å². The van der Waals surface area contributed by atoms with Crippen molar-refractivity contribution < 1.29 is 19.0 Å². The van der Waals surface area contributed by atoms with Gasteiger partial charge in [-0.3, -0.25) is 4.79 Å². The van der Waals surface area contributed by atoms with Gasteiger partial charge in [0.1, 0.15) is 5.75 Å². The second kappa shape index (κ2) is 6.07. The molecule has 0 aromatic heterocycles. The third-order valence-corrected chi connectivity index (χ3v) is 3.95. The van der Waals surface area contributed by atoms with Crippen molar-refractivity contribution in [1.29, 1.82) is 0 Å². The number of benzene rings is 2. The Morgan fingerprint density at radius 2 is 1.83 bits per heavy atom. The molecule has 0 bridgehead atoms. The summed E-state index contributed by atoms with van der Waals surface area (Å²) in [6, 6.07) is 11.0. The minimum atomic E-state index is -0.224. The molecule has 2 aromatic carbocycles. The monoisotopic (exact) mass is 327 g/mol. The van der Waals surface area contributed by atoms with Gasteiger partial charge >= 0.3 is 0 Å². The third kappa shape index (κ3) is 3.15. The molecule has 24 heavy (non-hydrogen) atoms. The minimum absolute atomic E-state index is 0.0233. The van der Waals surface area contributed by atoms with Crippen molar-refractivity contribution >= 4 is 11.6 Å². The molecule has 0 radical (unpaired) electrons. The Balaban J connectivity index is 1.88. The highest BCUT2D eigenvalue weighted by molar-refractivity contribution is 6.05. The lowest BCUT2D eigenvalue weighted by Crippen LogP contribution is -2.15. The molecule has 2 aromatic rings. The fourth-order valence-corrected chi connectivity index (χ4v) is 2.50. The van der Waals surface area contributed by atoms with Gasteiger partial charge < -0.3 is 19.5 Å². The molecule has 5 nitrogen and oxygen atoms in total. The first-order valence-electron chi connectivity index (χ1n) is 7.78. The van der Waals surface area contributed by atoms with Crippen LogP contribution in [0, 0.1) is 0 Å². The van der Waals surface area contributed by atoms with E-state index in [4.69, 9.17) is 14.2 Å². The first-order valence-corrected chi connectivity index (χ1v) is 7.78. The van der Waals surface area contributed by atoms with Crippen molar-refractivity contribution in [2.45, 2.75) is 26.2 Å². The molecule has 0 atom stereocenters. The van der Waals surface area contributed by atoms with E-state index in [0.29, 0.717) is 28.5 Å². The average Bonchev–Trinajstić information content (AvgIpc) is 3.01. The molecule has 1 aliphatic rings. The zero-order chi connectivity index (χ0) is 17.3. The van der Waals surface area contributed by atoms with Gasteiger partial charge in [-0.05, 0) is 41.3 Å². The van der Waals surface area contributed by atoms with E-state index in [-0.39, 0.29) is 18.1 Å². The van der Waals surface area contributed by atoms with Crippen molar-refractivity contribution in [1.82, 2.24) is 0 Å². The van der Waals surface area contributed by atoms with Gasteiger partial charge in [0.15, 0.2) is 11.5 Å². The molecule has 1 aliphatic heterocycles. The quantitative estimate of drug-likeness (QED) is 0.926. The highest BCUT2D eigenvalue weighted by Crippen LogP contribution is 2.34. The van der Waals surface area contributed by atoms with Gasteiger partial charge in [0.25, 0.3) is 5.91 Å². The first-order chi connectivity index (χ1) is 11.4. The molecule has 1 amide bonds. The van der Waals surface area contributed by atoms with Gasteiger partial charge in [-0.1, -0.05) is 26.8 Å². The number of amides is 1. The van der Waals surface area contributed by atoms with Gasteiger partial charge in [-0.2, -0.15) is 0 Å². The molecule has 1 heterocycles. The fourth-order valence-electron chi connectivity index (χ4n) is 2.50. The topological polar surface area (TPSA) is 56.8 Å². The largest absolute Gasteiger partial charge is 0.495 e. The highest BCUT2D eigenvalue weighted by Gasteiger charge is 2.19. The number of anilines is 1. The molecule has 0 saturated heterocycles. The molecular weight excluding hydrogens is 306 g/mol. The smallest absolute Gasteiger partial charge is 0.255 e. The zero-order valence-corrected chi connectivity index (χ0v) is 14.3. The molecule has 0 unspecified atom stereocenters. The molecular formula is C19H21NO4. The van der Waals surface area contributed by atoms with Crippen molar-refractivity contribution in [2.24, 2.45) is 0 Å². The molecule has 3 rings (SSSR count). The van der Waals surface area contributed by atoms with Crippen LogP contribution in [0.3, 0.4) is 0 Å². The Labute approximate surface area is 141 Å². The van der Waals surface area contributed by atoms with Gasteiger partial charge in [-0.15, -0.1) is 0 Å². The Morgan fingerprint density at radius 3 is 2.54 bits per heavy atom. The van der Waals surface area contributed by atoms with Crippen molar-refractivity contribution in [3.8, 4) is 17.2 Å². The number of hydrogen-bond acceptors (Lipinski definition) is 4. The Bertz CT molecular complexity index is 777. The summed E-state index contributed by atoms with van der Waals surface area (Å²) in [4.78, 5) is 12.6. The minimum Gasteiger partial charge on any atom is -0.495 e. The van der Waals surface area contributed by atoms with Crippen LogP contribution in [0.2, 0.25) is 0 Å². The highest BCUT2D eigenvalue weighted by atomic mass is 16.7. The molecule has 126 valence electrons. The van der Waals surface area contributed by atoms with Crippen molar-refractivity contribution in [2.75, 3.05) is 19.2 Å². The SMILES string of the molecule is COc1ccc(C(C)(C)C)cc1NC(=O)c1ccc2c(c1)OCO2. The maximum absolute atomic E-state index is 12.6. The summed E-state index contributed by atoms with van der Waals surface area (Å²) < 4.78 is 16.0. The van der Waals surface area contributed by atoms with Gasteiger partial charge in [0.05, 0.1) is 12.8 Å². The lowest BCUT2D eigenvalue weighted by atomic mass is 9.87. The summed E-state index contributed by atoms with van der Waals surface area (Å²) in [6.45, 7) is 6.55. The molecule has 0 fully saturated rings. The summed E-state index contributed by atoms with van der Waals surface area (Å²) in [6.07, 6.45) is 0. The molecule has 0 saturated carbocycles.